The number of unbranched alkanes of at least 4 members (excludes halogenated alkanes) is 2. The Morgan fingerprint density at radius 3 is 2.55 bits per heavy atom. The first-order valence-corrected chi connectivity index (χ1v) is 8.88. The molecule has 3 rings (SSSR count). The highest BCUT2D eigenvalue weighted by molar-refractivity contribution is 5.34. The van der Waals surface area contributed by atoms with Crippen molar-refractivity contribution in [1.29, 1.82) is 0 Å². The van der Waals surface area contributed by atoms with Crippen LogP contribution in [0.5, 0.6) is 0 Å². The smallest absolute Gasteiger partial charge is 0.0862 e. The second-order valence-corrected chi connectivity index (χ2v) is 6.55. The third kappa shape index (κ3) is 3.76. The van der Waals surface area contributed by atoms with E-state index in [1.165, 1.54) is 69.0 Å². The molecule has 0 radical (unpaired) electrons. The highest BCUT2D eigenvalue weighted by Gasteiger charge is 2.18. The predicted octanol–water partition coefficient (Wildman–Crippen LogP) is 5.05. The van der Waals surface area contributed by atoms with E-state index in [1.54, 1.807) is 0 Å². The van der Waals surface area contributed by atoms with Gasteiger partial charge in [0.2, 0.25) is 0 Å². The first-order chi connectivity index (χ1) is 10.9. The molecule has 1 aliphatic carbocycles. The zero-order valence-corrected chi connectivity index (χ0v) is 13.7. The first-order valence-electron chi connectivity index (χ1n) is 8.88. The van der Waals surface area contributed by atoms with E-state index in [0.717, 1.165) is 5.69 Å². The van der Waals surface area contributed by atoms with Crippen LogP contribution < -0.4 is 0 Å². The van der Waals surface area contributed by atoms with E-state index in [4.69, 9.17) is 0 Å². The lowest BCUT2D eigenvalue weighted by Gasteiger charge is -2.18. The van der Waals surface area contributed by atoms with E-state index < -0.39 is 0 Å². The van der Waals surface area contributed by atoms with Gasteiger partial charge < -0.3 is 0 Å². The van der Waals surface area contributed by atoms with Crippen molar-refractivity contribution in [2.45, 2.75) is 70.6 Å². The minimum atomic E-state index is 0.621. The maximum atomic E-state index is 4.41. The molecule has 1 aromatic carbocycles. The van der Waals surface area contributed by atoms with E-state index in [-0.39, 0.29) is 0 Å². The Hall–Kier alpha value is -1.64. The Balaban J connectivity index is 1.65. The number of aryl methyl sites for hydroxylation is 1. The largest absolute Gasteiger partial charge is 0.220 e. The van der Waals surface area contributed by atoms with Crippen LogP contribution >= 0.6 is 0 Å². The molecule has 1 fully saturated rings. The lowest BCUT2D eigenvalue weighted by Crippen LogP contribution is -2.04. The van der Waals surface area contributed by atoms with Crippen molar-refractivity contribution in [3.8, 4) is 5.69 Å². The van der Waals surface area contributed by atoms with Crippen LogP contribution in [0.4, 0.5) is 0 Å². The molecule has 0 spiro atoms. The number of benzene rings is 1. The van der Waals surface area contributed by atoms with Crippen molar-refractivity contribution < 1.29 is 0 Å². The minimum absolute atomic E-state index is 0.621. The highest BCUT2D eigenvalue weighted by Crippen LogP contribution is 2.31. The van der Waals surface area contributed by atoms with Crippen molar-refractivity contribution in [1.82, 2.24) is 15.0 Å². The zero-order valence-electron chi connectivity index (χ0n) is 13.7. The maximum Gasteiger partial charge on any atom is 0.0862 e. The van der Waals surface area contributed by atoms with Crippen molar-refractivity contribution in [2.75, 3.05) is 0 Å². The molecule has 1 aliphatic rings. The monoisotopic (exact) mass is 297 g/mol. The minimum Gasteiger partial charge on any atom is -0.220 e. The number of nitrogens with zero attached hydrogens (tertiary/aromatic N) is 3. The van der Waals surface area contributed by atoms with E-state index in [0.29, 0.717) is 5.92 Å². The standard InChI is InChI=1S/C19H27N3/c1-2-3-5-8-16-11-13-18(14-12-16)22-15-19(20-21-22)17-9-6-4-7-10-17/h11-15,17H,2-10H2,1H3. The molecule has 0 bridgehead atoms. The summed E-state index contributed by atoms with van der Waals surface area (Å²) in [7, 11) is 0. The van der Waals surface area contributed by atoms with Crippen LogP contribution in [0.15, 0.2) is 30.5 Å². The fraction of sp³-hybridized carbons (Fsp3) is 0.579. The summed E-state index contributed by atoms with van der Waals surface area (Å²) >= 11 is 0. The van der Waals surface area contributed by atoms with E-state index >= 15 is 0 Å². The molecule has 3 heteroatoms. The van der Waals surface area contributed by atoms with Crippen LogP contribution in [0.1, 0.15) is 75.5 Å². The van der Waals surface area contributed by atoms with Gasteiger partial charge in [0.25, 0.3) is 0 Å². The van der Waals surface area contributed by atoms with Gasteiger partial charge >= 0.3 is 0 Å². The summed E-state index contributed by atoms with van der Waals surface area (Å²) in [5, 5.41) is 8.75. The van der Waals surface area contributed by atoms with Gasteiger partial charge in [-0.05, 0) is 43.4 Å². The van der Waals surface area contributed by atoms with Crippen molar-refractivity contribution in [2.24, 2.45) is 0 Å². The van der Waals surface area contributed by atoms with Crippen molar-refractivity contribution in [3.05, 3.63) is 41.7 Å². The summed E-state index contributed by atoms with van der Waals surface area (Å²) < 4.78 is 1.93. The predicted molar refractivity (Wildman–Crippen MR) is 90.4 cm³/mol. The second-order valence-electron chi connectivity index (χ2n) is 6.55. The Morgan fingerprint density at radius 2 is 1.82 bits per heavy atom. The van der Waals surface area contributed by atoms with Gasteiger partial charge in [-0.1, -0.05) is 56.4 Å². The number of hydrogen-bond donors (Lipinski definition) is 0. The third-order valence-electron chi connectivity index (χ3n) is 4.80. The van der Waals surface area contributed by atoms with Crippen LogP contribution in [0, 0.1) is 0 Å². The summed E-state index contributed by atoms with van der Waals surface area (Å²) in [4.78, 5) is 0. The van der Waals surface area contributed by atoms with E-state index in [9.17, 15) is 0 Å². The molecule has 1 heterocycles. The molecule has 1 aromatic heterocycles. The summed E-state index contributed by atoms with van der Waals surface area (Å²) in [6, 6.07) is 8.79. The van der Waals surface area contributed by atoms with Crippen molar-refractivity contribution in [3.63, 3.8) is 0 Å². The Labute approximate surface area is 133 Å². The summed E-state index contributed by atoms with van der Waals surface area (Å²) in [6.07, 6.45) is 13.8. The SMILES string of the molecule is CCCCCc1ccc(-n2cc(C3CCCCC3)nn2)cc1. The second kappa shape index (κ2) is 7.57. The summed E-state index contributed by atoms with van der Waals surface area (Å²) in [5.41, 5.74) is 3.71. The first kappa shape index (κ1) is 15.3. The molecule has 118 valence electrons. The zero-order chi connectivity index (χ0) is 15.2. The van der Waals surface area contributed by atoms with E-state index in [1.807, 2.05) is 4.68 Å². The molecule has 1 saturated carbocycles. The molecule has 0 saturated heterocycles. The van der Waals surface area contributed by atoms with Gasteiger partial charge in [0.1, 0.15) is 0 Å². The van der Waals surface area contributed by atoms with Gasteiger partial charge in [0.05, 0.1) is 17.6 Å². The highest BCUT2D eigenvalue weighted by atomic mass is 15.4. The molecule has 0 N–H and O–H groups in total. The Morgan fingerprint density at radius 1 is 1.05 bits per heavy atom. The van der Waals surface area contributed by atoms with Crippen LogP contribution in [-0.4, -0.2) is 15.0 Å². The van der Waals surface area contributed by atoms with Gasteiger partial charge in [-0.2, -0.15) is 0 Å². The van der Waals surface area contributed by atoms with Gasteiger partial charge in [-0.3, -0.25) is 0 Å². The Kier molecular flexibility index (Phi) is 5.25. The lowest BCUT2D eigenvalue weighted by molar-refractivity contribution is 0.436. The van der Waals surface area contributed by atoms with Crippen LogP contribution in [0.2, 0.25) is 0 Å². The number of rotatable bonds is 6. The summed E-state index contributed by atoms with van der Waals surface area (Å²) in [5.74, 6) is 0.621. The van der Waals surface area contributed by atoms with E-state index in [2.05, 4.69) is 47.7 Å². The van der Waals surface area contributed by atoms with Gasteiger partial charge in [0.15, 0.2) is 0 Å². The fourth-order valence-corrected chi connectivity index (χ4v) is 3.38. The molecule has 2 aromatic rings. The van der Waals surface area contributed by atoms with Gasteiger partial charge in [-0.25, -0.2) is 4.68 Å². The lowest BCUT2D eigenvalue weighted by atomic mass is 9.87. The molecular formula is C19H27N3. The molecule has 0 amide bonds. The average molecular weight is 297 g/mol. The number of hydrogen-bond acceptors (Lipinski definition) is 2. The molecule has 0 atom stereocenters. The summed E-state index contributed by atoms with van der Waals surface area (Å²) in [6.45, 7) is 2.25. The van der Waals surface area contributed by atoms with Crippen molar-refractivity contribution >= 4 is 0 Å². The van der Waals surface area contributed by atoms with Crippen LogP contribution in [0.3, 0.4) is 0 Å². The normalized spacial score (nSPS) is 16.0. The topological polar surface area (TPSA) is 30.7 Å². The molecular weight excluding hydrogens is 270 g/mol. The number of aromatic nitrogens is 3. The quantitative estimate of drug-likeness (QED) is 0.699. The molecule has 0 unspecified atom stereocenters. The van der Waals surface area contributed by atoms with Crippen LogP contribution in [-0.2, 0) is 6.42 Å². The molecule has 3 nitrogen and oxygen atoms in total. The average Bonchev–Trinajstić information content (AvgIpc) is 3.07. The fourth-order valence-electron chi connectivity index (χ4n) is 3.38. The van der Waals surface area contributed by atoms with Gasteiger partial charge in [0, 0.05) is 5.92 Å². The van der Waals surface area contributed by atoms with Gasteiger partial charge in [-0.15, -0.1) is 5.10 Å². The molecule has 0 aliphatic heterocycles. The van der Waals surface area contributed by atoms with Crippen LogP contribution in [0.25, 0.3) is 5.69 Å². The third-order valence-corrected chi connectivity index (χ3v) is 4.80. The Bertz CT molecular complexity index is 565. The molecule has 22 heavy (non-hydrogen) atoms. The maximum absolute atomic E-state index is 4.41.